The van der Waals surface area contributed by atoms with Crippen molar-refractivity contribution in [3.05, 3.63) is 29.8 Å². The summed E-state index contributed by atoms with van der Waals surface area (Å²) in [6.45, 7) is 13.9. The number of hydrogen-bond acceptors (Lipinski definition) is 3. The monoisotopic (exact) mass is 359 g/mol. The number of benzene rings is 1. The van der Waals surface area contributed by atoms with Crippen molar-refractivity contribution in [1.29, 1.82) is 0 Å². The molecule has 0 radical (unpaired) electrons. The van der Waals surface area contributed by atoms with Crippen LogP contribution >= 0.6 is 0 Å². The molecule has 2 unspecified atom stereocenters. The minimum absolute atomic E-state index is 0.0643. The lowest BCUT2D eigenvalue weighted by molar-refractivity contribution is -0.114. The Morgan fingerprint density at radius 1 is 1.35 bits per heavy atom. The van der Waals surface area contributed by atoms with Gasteiger partial charge in [-0.1, -0.05) is 19.1 Å². The van der Waals surface area contributed by atoms with Gasteiger partial charge >= 0.3 is 0 Å². The van der Waals surface area contributed by atoms with Gasteiger partial charge in [-0.3, -0.25) is 9.69 Å². The first-order chi connectivity index (χ1) is 12.4. The summed E-state index contributed by atoms with van der Waals surface area (Å²) in [4.78, 5) is 18.4. The number of amides is 1. The fraction of sp³-hybridized carbons (Fsp3) is 0.600. The minimum Gasteiger partial charge on any atom is -0.357 e. The fourth-order valence-electron chi connectivity index (χ4n) is 3.23. The Kier molecular flexibility index (Phi) is 7.45. The highest BCUT2D eigenvalue weighted by Crippen LogP contribution is 2.18. The maximum Gasteiger partial charge on any atom is 0.221 e. The van der Waals surface area contributed by atoms with Crippen LogP contribution in [0, 0.1) is 5.92 Å². The molecule has 1 heterocycles. The molecule has 1 aliphatic heterocycles. The molecule has 0 aromatic heterocycles. The first-order valence-corrected chi connectivity index (χ1v) is 9.54. The van der Waals surface area contributed by atoms with Crippen LogP contribution in [0.15, 0.2) is 29.3 Å². The van der Waals surface area contributed by atoms with Crippen LogP contribution in [0.3, 0.4) is 0 Å². The maximum absolute atomic E-state index is 11.2. The number of guanidine groups is 1. The van der Waals surface area contributed by atoms with Crippen LogP contribution in [0.1, 0.15) is 40.2 Å². The summed E-state index contributed by atoms with van der Waals surface area (Å²) in [6, 6.07) is 8.79. The van der Waals surface area contributed by atoms with Crippen molar-refractivity contribution in [2.75, 3.05) is 25.0 Å². The highest BCUT2D eigenvalue weighted by atomic mass is 16.1. The lowest BCUT2D eigenvalue weighted by Crippen LogP contribution is -2.46. The second-order valence-electron chi connectivity index (χ2n) is 7.35. The smallest absolute Gasteiger partial charge is 0.221 e. The molecule has 1 amide bonds. The van der Waals surface area contributed by atoms with Gasteiger partial charge in [0.2, 0.25) is 5.91 Å². The number of nitrogens with one attached hydrogen (secondary N) is 3. The second-order valence-corrected chi connectivity index (χ2v) is 7.35. The van der Waals surface area contributed by atoms with Crippen LogP contribution in [0.2, 0.25) is 0 Å². The van der Waals surface area contributed by atoms with Gasteiger partial charge in [0.15, 0.2) is 5.96 Å². The molecular formula is C20H33N5O. The van der Waals surface area contributed by atoms with Gasteiger partial charge in [-0.15, -0.1) is 0 Å². The Bertz CT molecular complexity index is 628. The quantitative estimate of drug-likeness (QED) is 0.539. The van der Waals surface area contributed by atoms with E-state index in [1.165, 1.54) is 6.92 Å². The van der Waals surface area contributed by atoms with E-state index in [2.05, 4.69) is 48.5 Å². The summed E-state index contributed by atoms with van der Waals surface area (Å²) < 4.78 is 0. The third-order valence-corrected chi connectivity index (χ3v) is 4.70. The van der Waals surface area contributed by atoms with Crippen LogP contribution in [0.4, 0.5) is 5.69 Å². The van der Waals surface area contributed by atoms with Crippen molar-refractivity contribution in [3.63, 3.8) is 0 Å². The number of likely N-dealkylation sites (tertiary alicyclic amines) is 1. The molecule has 0 aliphatic carbocycles. The van der Waals surface area contributed by atoms with Crippen molar-refractivity contribution in [2.45, 2.75) is 53.2 Å². The van der Waals surface area contributed by atoms with Gasteiger partial charge in [-0.2, -0.15) is 0 Å². The fourth-order valence-corrected chi connectivity index (χ4v) is 3.23. The molecule has 6 nitrogen and oxygen atoms in total. The maximum atomic E-state index is 11.2. The third kappa shape index (κ3) is 6.02. The van der Waals surface area contributed by atoms with Gasteiger partial charge in [0.25, 0.3) is 0 Å². The first-order valence-electron chi connectivity index (χ1n) is 9.54. The van der Waals surface area contributed by atoms with Crippen molar-refractivity contribution in [1.82, 2.24) is 15.5 Å². The standard InChI is InChI=1S/C20H33N5O/c1-6-21-20(24-19-13-25(14(2)3)12-15(19)4)22-11-17-8-7-9-18(10-17)23-16(5)26/h7-10,14-15,19H,6,11-13H2,1-5H3,(H,23,26)(H2,21,22,24). The molecule has 0 spiro atoms. The average molecular weight is 360 g/mol. The molecule has 2 rings (SSSR count). The summed E-state index contributed by atoms with van der Waals surface area (Å²) in [6.07, 6.45) is 0. The number of carbonyl (C=O) groups excluding carboxylic acids is 1. The highest BCUT2D eigenvalue weighted by molar-refractivity contribution is 5.88. The Morgan fingerprint density at radius 2 is 2.12 bits per heavy atom. The van der Waals surface area contributed by atoms with Crippen LogP contribution in [0.5, 0.6) is 0 Å². The van der Waals surface area contributed by atoms with E-state index < -0.39 is 0 Å². The number of aliphatic imine (C=N–C) groups is 1. The molecular weight excluding hydrogens is 326 g/mol. The summed E-state index contributed by atoms with van der Waals surface area (Å²) in [5.41, 5.74) is 1.87. The van der Waals surface area contributed by atoms with Crippen LogP contribution < -0.4 is 16.0 Å². The molecule has 6 heteroatoms. The van der Waals surface area contributed by atoms with E-state index in [0.29, 0.717) is 24.5 Å². The second kappa shape index (κ2) is 9.57. The lowest BCUT2D eigenvalue weighted by Gasteiger charge is -2.22. The van der Waals surface area contributed by atoms with Gasteiger partial charge in [-0.25, -0.2) is 4.99 Å². The van der Waals surface area contributed by atoms with Gasteiger partial charge in [0, 0.05) is 44.3 Å². The Morgan fingerprint density at radius 3 is 2.73 bits per heavy atom. The van der Waals surface area contributed by atoms with E-state index in [4.69, 9.17) is 4.99 Å². The molecule has 0 saturated carbocycles. The molecule has 144 valence electrons. The molecule has 1 aliphatic rings. The SMILES string of the molecule is CCNC(=NCc1cccc(NC(C)=O)c1)NC1CN(C(C)C)CC1C. The van der Waals surface area contributed by atoms with E-state index >= 15 is 0 Å². The summed E-state index contributed by atoms with van der Waals surface area (Å²) >= 11 is 0. The molecule has 1 saturated heterocycles. The summed E-state index contributed by atoms with van der Waals surface area (Å²) in [5.74, 6) is 1.37. The number of anilines is 1. The molecule has 1 fully saturated rings. The molecule has 2 atom stereocenters. The van der Waals surface area contributed by atoms with Crippen LogP contribution in [-0.4, -0.2) is 48.5 Å². The molecule has 0 bridgehead atoms. The van der Waals surface area contributed by atoms with E-state index in [-0.39, 0.29) is 5.91 Å². The Balaban J connectivity index is 2.01. The third-order valence-electron chi connectivity index (χ3n) is 4.70. The average Bonchev–Trinajstić information content (AvgIpc) is 2.94. The van der Waals surface area contributed by atoms with E-state index in [9.17, 15) is 4.79 Å². The van der Waals surface area contributed by atoms with Gasteiger partial charge in [0.05, 0.1) is 6.54 Å². The van der Waals surface area contributed by atoms with E-state index in [1.54, 1.807) is 0 Å². The van der Waals surface area contributed by atoms with Crippen molar-refractivity contribution < 1.29 is 4.79 Å². The zero-order valence-electron chi connectivity index (χ0n) is 16.7. The predicted octanol–water partition coefficient (Wildman–Crippen LogP) is 2.43. The highest BCUT2D eigenvalue weighted by Gasteiger charge is 2.31. The van der Waals surface area contributed by atoms with Gasteiger partial charge < -0.3 is 16.0 Å². The lowest BCUT2D eigenvalue weighted by atomic mass is 10.1. The van der Waals surface area contributed by atoms with E-state index in [1.807, 2.05) is 24.3 Å². The summed E-state index contributed by atoms with van der Waals surface area (Å²) in [5, 5.41) is 9.75. The number of nitrogens with zero attached hydrogens (tertiary/aromatic N) is 2. The normalized spacial score (nSPS) is 21.1. The Hall–Kier alpha value is -2.08. The number of carbonyl (C=O) groups is 1. The van der Waals surface area contributed by atoms with Crippen molar-refractivity contribution >= 4 is 17.6 Å². The largest absolute Gasteiger partial charge is 0.357 e. The first kappa shape index (κ1) is 20.2. The van der Waals surface area contributed by atoms with Crippen molar-refractivity contribution in [2.24, 2.45) is 10.9 Å². The summed E-state index contributed by atoms with van der Waals surface area (Å²) in [7, 11) is 0. The zero-order chi connectivity index (χ0) is 19.1. The molecule has 1 aromatic rings. The topological polar surface area (TPSA) is 68.8 Å². The van der Waals surface area contributed by atoms with Crippen LogP contribution in [0.25, 0.3) is 0 Å². The van der Waals surface area contributed by atoms with Crippen LogP contribution in [-0.2, 0) is 11.3 Å². The Labute approximate surface area is 157 Å². The van der Waals surface area contributed by atoms with Gasteiger partial charge in [-0.05, 0) is 44.4 Å². The zero-order valence-corrected chi connectivity index (χ0v) is 16.7. The van der Waals surface area contributed by atoms with Crippen molar-refractivity contribution in [3.8, 4) is 0 Å². The molecule has 1 aromatic carbocycles. The minimum atomic E-state index is -0.0643. The number of rotatable bonds is 6. The predicted molar refractivity (Wildman–Crippen MR) is 108 cm³/mol. The van der Waals surface area contributed by atoms with Gasteiger partial charge in [0.1, 0.15) is 0 Å². The molecule has 3 N–H and O–H groups in total. The van der Waals surface area contributed by atoms with E-state index in [0.717, 1.165) is 36.8 Å². The number of hydrogen-bond donors (Lipinski definition) is 3. The molecule has 26 heavy (non-hydrogen) atoms.